The molecule has 0 bridgehead atoms. The van der Waals surface area contributed by atoms with Gasteiger partial charge in [0.15, 0.2) is 17.5 Å². The quantitative estimate of drug-likeness (QED) is 0.872. The Hall–Kier alpha value is -1.40. The first-order valence-corrected chi connectivity index (χ1v) is 6.17. The summed E-state index contributed by atoms with van der Waals surface area (Å²) in [4.78, 5) is 4.19. The van der Waals surface area contributed by atoms with Crippen LogP contribution in [0.2, 0.25) is 0 Å². The van der Waals surface area contributed by atoms with Crippen LogP contribution in [0.3, 0.4) is 0 Å². The van der Waals surface area contributed by atoms with Crippen LogP contribution in [0.1, 0.15) is 22.3 Å². The monoisotopic (exact) mass is 272 g/mol. The number of nitrogens with two attached hydrogens (primary N) is 1. The Morgan fingerprint density at radius 3 is 2.61 bits per heavy atom. The molecule has 0 aliphatic carbocycles. The van der Waals surface area contributed by atoms with Crippen LogP contribution >= 0.6 is 11.3 Å². The number of benzene rings is 1. The van der Waals surface area contributed by atoms with Gasteiger partial charge in [0, 0.05) is 29.1 Å². The maximum atomic E-state index is 13.5. The fourth-order valence-corrected chi connectivity index (χ4v) is 2.45. The molecular formula is C12H11F3N2S. The zero-order chi connectivity index (χ0) is 13.3. The Morgan fingerprint density at radius 1 is 1.28 bits per heavy atom. The van der Waals surface area contributed by atoms with Crippen LogP contribution in [-0.4, -0.2) is 4.98 Å². The van der Waals surface area contributed by atoms with Gasteiger partial charge in [0.25, 0.3) is 0 Å². The average molecular weight is 272 g/mol. The summed E-state index contributed by atoms with van der Waals surface area (Å²) >= 11 is 1.40. The van der Waals surface area contributed by atoms with Gasteiger partial charge in [-0.1, -0.05) is 6.07 Å². The van der Waals surface area contributed by atoms with Crippen molar-refractivity contribution in [3.05, 3.63) is 51.2 Å². The van der Waals surface area contributed by atoms with Gasteiger partial charge in [-0.15, -0.1) is 11.3 Å². The molecule has 18 heavy (non-hydrogen) atoms. The molecule has 0 spiro atoms. The number of aromatic nitrogens is 1. The largest absolute Gasteiger partial charge is 0.324 e. The summed E-state index contributed by atoms with van der Waals surface area (Å²) < 4.78 is 39.4. The van der Waals surface area contributed by atoms with Crippen molar-refractivity contribution < 1.29 is 13.2 Å². The number of thiazole rings is 1. The van der Waals surface area contributed by atoms with Gasteiger partial charge in [0.1, 0.15) is 0 Å². The molecule has 6 heteroatoms. The maximum Gasteiger partial charge on any atom is 0.194 e. The van der Waals surface area contributed by atoms with E-state index in [2.05, 4.69) is 4.98 Å². The second-order valence-corrected chi connectivity index (χ2v) is 4.90. The van der Waals surface area contributed by atoms with E-state index < -0.39 is 23.5 Å². The number of nitrogens with zero attached hydrogens (tertiary/aromatic N) is 1. The van der Waals surface area contributed by atoms with Gasteiger partial charge in [-0.2, -0.15) is 0 Å². The van der Waals surface area contributed by atoms with E-state index in [9.17, 15) is 13.2 Å². The highest BCUT2D eigenvalue weighted by molar-refractivity contribution is 7.09. The van der Waals surface area contributed by atoms with Crippen LogP contribution < -0.4 is 5.73 Å². The molecule has 2 nitrogen and oxygen atoms in total. The van der Waals surface area contributed by atoms with Crippen LogP contribution in [0.25, 0.3) is 0 Å². The molecule has 0 saturated heterocycles. The minimum atomic E-state index is -1.49. The predicted molar refractivity (Wildman–Crippen MR) is 63.8 cm³/mol. The zero-order valence-corrected chi connectivity index (χ0v) is 10.4. The van der Waals surface area contributed by atoms with Crippen molar-refractivity contribution in [1.29, 1.82) is 0 Å². The molecule has 2 N–H and O–H groups in total. The van der Waals surface area contributed by atoms with Crippen LogP contribution in [-0.2, 0) is 6.42 Å². The SMILES string of the molecule is Cc1csc(CC(N)c2ccc(F)c(F)c2F)n1. The highest BCUT2D eigenvalue weighted by Crippen LogP contribution is 2.23. The van der Waals surface area contributed by atoms with E-state index in [1.807, 2.05) is 12.3 Å². The van der Waals surface area contributed by atoms with E-state index in [4.69, 9.17) is 5.73 Å². The molecule has 1 atom stereocenters. The maximum absolute atomic E-state index is 13.5. The van der Waals surface area contributed by atoms with Crippen molar-refractivity contribution in [2.45, 2.75) is 19.4 Å². The molecule has 0 aliphatic rings. The number of hydrogen-bond acceptors (Lipinski definition) is 3. The van der Waals surface area contributed by atoms with Crippen LogP contribution in [0.4, 0.5) is 13.2 Å². The molecule has 0 amide bonds. The van der Waals surface area contributed by atoms with Crippen molar-refractivity contribution >= 4 is 11.3 Å². The first-order chi connectivity index (χ1) is 8.49. The first-order valence-electron chi connectivity index (χ1n) is 5.29. The molecule has 0 fully saturated rings. The third-order valence-electron chi connectivity index (χ3n) is 2.53. The zero-order valence-electron chi connectivity index (χ0n) is 9.58. The van der Waals surface area contributed by atoms with E-state index in [1.54, 1.807) is 0 Å². The summed E-state index contributed by atoms with van der Waals surface area (Å²) in [5.74, 6) is -3.93. The summed E-state index contributed by atoms with van der Waals surface area (Å²) in [6, 6.07) is 1.30. The molecular weight excluding hydrogens is 261 g/mol. The molecule has 2 aromatic rings. The van der Waals surface area contributed by atoms with E-state index in [0.29, 0.717) is 6.42 Å². The minimum Gasteiger partial charge on any atom is -0.324 e. The fraction of sp³-hybridized carbons (Fsp3) is 0.250. The van der Waals surface area contributed by atoms with Crippen molar-refractivity contribution in [3.63, 3.8) is 0 Å². The molecule has 1 aromatic heterocycles. The Morgan fingerprint density at radius 2 is 2.00 bits per heavy atom. The minimum absolute atomic E-state index is 0.0400. The van der Waals surface area contributed by atoms with Crippen molar-refractivity contribution in [2.75, 3.05) is 0 Å². The van der Waals surface area contributed by atoms with Crippen molar-refractivity contribution in [1.82, 2.24) is 4.98 Å². The highest BCUT2D eigenvalue weighted by Gasteiger charge is 2.19. The van der Waals surface area contributed by atoms with Crippen LogP contribution in [0.5, 0.6) is 0 Å². The lowest BCUT2D eigenvalue weighted by Gasteiger charge is -2.12. The Balaban J connectivity index is 2.24. The molecule has 0 radical (unpaired) electrons. The van der Waals surface area contributed by atoms with Crippen LogP contribution in [0.15, 0.2) is 17.5 Å². The molecule has 1 heterocycles. The van der Waals surface area contributed by atoms with E-state index >= 15 is 0 Å². The molecule has 1 aromatic carbocycles. The predicted octanol–water partition coefficient (Wildman–Crippen LogP) is 3.11. The molecule has 1 unspecified atom stereocenters. The van der Waals surface area contributed by atoms with Gasteiger partial charge in [-0.25, -0.2) is 18.2 Å². The van der Waals surface area contributed by atoms with Gasteiger partial charge < -0.3 is 5.73 Å². The average Bonchev–Trinajstić information content (AvgIpc) is 2.71. The van der Waals surface area contributed by atoms with E-state index in [1.165, 1.54) is 17.4 Å². The van der Waals surface area contributed by atoms with Gasteiger partial charge >= 0.3 is 0 Å². The summed E-state index contributed by atoms with van der Waals surface area (Å²) in [5.41, 5.74) is 6.61. The van der Waals surface area contributed by atoms with Gasteiger partial charge in [-0.05, 0) is 13.0 Å². The summed E-state index contributed by atoms with van der Waals surface area (Å²) in [6.45, 7) is 1.84. The second-order valence-electron chi connectivity index (χ2n) is 3.96. The number of rotatable bonds is 3. The number of hydrogen-bond donors (Lipinski definition) is 1. The van der Waals surface area contributed by atoms with Crippen molar-refractivity contribution in [3.8, 4) is 0 Å². The second kappa shape index (κ2) is 5.07. The van der Waals surface area contributed by atoms with E-state index in [-0.39, 0.29) is 5.56 Å². The van der Waals surface area contributed by atoms with E-state index in [0.717, 1.165) is 16.8 Å². The lowest BCUT2D eigenvalue weighted by molar-refractivity contribution is 0.435. The normalized spacial score (nSPS) is 12.7. The lowest BCUT2D eigenvalue weighted by atomic mass is 10.0. The Labute approximate surface area is 106 Å². The number of aryl methyl sites for hydroxylation is 1. The Kier molecular flexibility index (Phi) is 3.68. The molecule has 0 aliphatic heterocycles. The first kappa shape index (κ1) is 13.0. The highest BCUT2D eigenvalue weighted by atomic mass is 32.1. The van der Waals surface area contributed by atoms with Gasteiger partial charge in [0.05, 0.1) is 5.01 Å². The summed E-state index contributed by atoms with van der Waals surface area (Å²) in [6.07, 6.45) is 0.292. The molecule has 2 rings (SSSR count). The lowest BCUT2D eigenvalue weighted by Crippen LogP contribution is -2.16. The fourth-order valence-electron chi connectivity index (χ4n) is 1.62. The smallest absolute Gasteiger partial charge is 0.194 e. The Bertz CT molecular complexity index is 568. The molecule has 0 saturated carbocycles. The summed E-state index contributed by atoms with van der Waals surface area (Å²) in [5, 5.41) is 2.59. The topological polar surface area (TPSA) is 38.9 Å². The van der Waals surface area contributed by atoms with Crippen LogP contribution in [0, 0.1) is 24.4 Å². The van der Waals surface area contributed by atoms with Gasteiger partial charge in [0.2, 0.25) is 0 Å². The standard InChI is InChI=1S/C12H11F3N2S/c1-6-5-18-10(17-6)4-9(16)7-2-3-8(13)12(15)11(7)14/h2-3,5,9H,4,16H2,1H3. The third kappa shape index (κ3) is 2.54. The van der Waals surface area contributed by atoms with Gasteiger partial charge in [-0.3, -0.25) is 0 Å². The number of halogens is 3. The van der Waals surface area contributed by atoms with Crippen molar-refractivity contribution in [2.24, 2.45) is 5.73 Å². The molecule has 96 valence electrons. The third-order valence-corrected chi connectivity index (χ3v) is 3.51. The summed E-state index contributed by atoms with van der Waals surface area (Å²) in [7, 11) is 0.